The van der Waals surface area contributed by atoms with Gasteiger partial charge in [-0.25, -0.2) is 8.42 Å². The Balaban J connectivity index is 1.85. The number of carbonyl (C=O) groups excluding carboxylic acids is 2. The van der Waals surface area contributed by atoms with Gasteiger partial charge in [-0.05, 0) is 72.5 Å². The Morgan fingerprint density at radius 2 is 1.50 bits per heavy atom. The van der Waals surface area contributed by atoms with Crippen LogP contribution in [0.25, 0.3) is 0 Å². The van der Waals surface area contributed by atoms with E-state index in [4.69, 9.17) is 39.5 Å². The number of nitrogens with zero attached hydrogens (tertiary/aromatic N) is 2. The van der Waals surface area contributed by atoms with Crippen molar-refractivity contribution in [2.75, 3.05) is 24.0 Å². The van der Waals surface area contributed by atoms with Crippen molar-refractivity contribution in [2.24, 2.45) is 5.92 Å². The molecule has 1 atom stereocenters. The lowest BCUT2D eigenvalue weighted by Gasteiger charge is -2.34. The van der Waals surface area contributed by atoms with E-state index in [1.54, 1.807) is 49.4 Å². The Bertz CT molecular complexity index is 1810. The standard InChI is InChI=1S/C36H38Cl3N3O5S/c1-4-47-34-13-9-8-12-32(34)42(48(45,46)30-18-16-28(37)17-19-30)24-35(43)41(23-27-14-15-29(38)21-31(27)39)33(36(44)40-22-25(2)3)20-26-10-6-5-7-11-26/h5-19,21,25,33H,4,20,22-24H2,1-3H3,(H,40,44)/t33-/m0/s1. The van der Waals surface area contributed by atoms with E-state index in [0.717, 1.165) is 9.87 Å². The van der Waals surface area contributed by atoms with E-state index < -0.39 is 28.5 Å². The maximum absolute atomic E-state index is 14.7. The summed E-state index contributed by atoms with van der Waals surface area (Å²) >= 11 is 18.9. The van der Waals surface area contributed by atoms with Crippen molar-refractivity contribution >= 4 is 62.3 Å². The molecule has 8 nitrogen and oxygen atoms in total. The van der Waals surface area contributed by atoms with Gasteiger partial charge in [0.15, 0.2) is 0 Å². The summed E-state index contributed by atoms with van der Waals surface area (Å²) in [5.74, 6) is -0.595. The maximum atomic E-state index is 14.7. The molecule has 4 aromatic carbocycles. The molecule has 0 radical (unpaired) electrons. The van der Waals surface area contributed by atoms with Gasteiger partial charge < -0.3 is 15.0 Å². The van der Waals surface area contributed by atoms with Crippen LogP contribution in [0.2, 0.25) is 15.1 Å². The molecule has 0 aromatic heterocycles. The van der Waals surface area contributed by atoms with Gasteiger partial charge in [0.05, 0.1) is 17.2 Å². The van der Waals surface area contributed by atoms with Crippen molar-refractivity contribution in [3.63, 3.8) is 0 Å². The first-order chi connectivity index (χ1) is 22.9. The van der Waals surface area contributed by atoms with E-state index in [2.05, 4.69) is 5.32 Å². The second-order valence-corrected chi connectivity index (χ2v) is 14.6. The number of benzene rings is 4. The predicted molar refractivity (Wildman–Crippen MR) is 192 cm³/mol. The Kier molecular flexibility index (Phi) is 13.2. The van der Waals surface area contributed by atoms with Crippen LogP contribution in [-0.4, -0.2) is 50.9 Å². The van der Waals surface area contributed by atoms with Gasteiger partial charge in [-0.1, -0.05) is 97.2 Å². The van der Waals surface area contributed by atoms with E-state index >= 15 is 0 Å². The van der Waals surface area contributed by atoms with Gasteiger partial charge >= 0.3 is 0 Å². The van der Waals surface area contributed by atoms with Gasteiger partial charge in [-0.2, -0.15) is 0 Å². The highest BCUT2D eigenvalue weighted by Gasteiger charge is 2.36. The molecule has 0 heterocycles. The second kappa shape index (κ2) is 17.1. The van der Waals surface area contributed by atoms with Gasteiger partial charge in [0.25, 0.3) is 10.0 Å². The summed E-state index contributed by atoms with van der Waals surface area (Å²) in [6.07, 6.45) is 0.168. The van der Waals surface area contributed by atoms with Crippen LogP contribution >= 0.6 is 34.8 Å². The zero-order valence-corrected chi connectivity index (χ0v) is 30.0. The van der Waals surface area contributed by atoms with E-state index in [-0.39, 0.29) is 47.7 Å². The van der Waals surface area contributed by atoms with Crippen molar-refractivity contribution in [3.05, 3.63) is 123 Å². The summed E-state index contributed by atoms with van der Waals surface area (Å²) in [5.41, 5.74) is 1.51. The smallest absolute Gasteiger partial charge is 0.264 e. The number of hydrogen-bond acceptors (Lipinski definition) is 5. The molecule has 0 spiro atoms. The Morgan fingerprint density at radius 3 is 2.15 bits per heavy atom. The fourth-order valence-electron chi connectivity index (χ4n) is 5.00. The number of nitrogens with one attached hydrogen (secondary N) is 1. The fraction of sp³-hybridized carbons (Fsp3) is 0.278. The van der Waals surface area contributed by atoms with Crippen LogP contribution in [0.4, 0.5) is 5.69 Å². The SMILES string of the molecule is CCOc1ccccc1N(CC(=O)N(Cc1ccc(Cl)cc1Cl)[C@@H](Cc1ccccc1)C(=O)NCC(C)C)S(=O)(=O)c1ccc(Cl)cc1. The van der Waals surface area contributed by atoms with Crippen LogP contribution in [-0.2, 0) is 32.6 Å². The molecule has 0 aliphatic rings. The molecule has 48 heavy (non-hydrogen) atoms. The lowest BCUT2D eigenvalue weighted by Crippen LogP contribution is -2.53. The van der Waals surface area contributed by atoms with Crippen molar-refractivity contribution < 1.29 is 22.7 Å². The van der Waals surface area contributed by atoms with Gasteiger partial charge in [-0.3, -0.25) is 13.9 Å². The predicted octanol–water partition coefficient (Wildman–Crippen LogP) is 7.65. The Hall–Kier alpha value is -3.76. The summed E-state index contributed by atoms with van der Waals surface area (Å²) in [6, 6.07) is 25.4. The van der Waals surface area contributed by atoms with Crippen LogP contribution in [0, 0.1) is 5.92 Å². The third kappa shape index (κ3) is 9.66. The van der Waals surface area contributed by atoms with Gasteiger partial charge in [-0.15, -0.1) is 0 Å². The molecule has 0 saturated carbocycles. The summed E-state index contributed by atoms with van der Waals surface area (Å²) in [4.78, 5) is 29.9. The highest BCUT2D eigenvalue weighted by molar-refractivity contribution is 7.92. The molecule has 2 amide bonds. The first kappa shape index (κ1) is 37.1. The van der Waals surface area contributed by atoms with E-state index in [0.29, 0.717) is 27.2 Å². The maximum Gasteiger partial charge on any atom is 0.264 e. The first-order valence-electron chi connectivity index (χ1n) is 15.5. The lowest BCUT2D eigenvalue weighted by atomic mass is 10.0. The summed E-state index contributed by atoms with van der Waals surface area (Å²) in [5, 5.41) is 4.03. The van der Waals surface area contributed by atoms with Crippen LogP contribution < -0.4 is 14.4 Å². The molecule has 4 aromatic rings. The minimum atomic E-state index is -4.35. The Labute approximate surface area is 297 Å². The molecular weight excluding hydrogens is 693 g/mol. The molecule has 0 unspecified atom stereocenters. The van der Waals surface area contributed by atoms with Crippen LogP contribution in [0.3, 0.4) is 0 Å². The summed E-state index contributed by atoms with van der Waals surface area (Å²) in [7, 11) is -4.35. The van der Waals surface area contributed by atoms with Gasteiger partial charge in [0.1, 0.15) is 18.3 Å². The molecule has 0 aliphatic heterocycles. The number of ether oxygens (including phenoxy) is 1. The van der Waals surface area contributed by atoms with Crippen molar-refractivity contribution in [2.45, 2.75) is 44.7 Å². The van der Waals surface area contributed by atoms with Crippen molar-refractivity contribution in [1.29, 1.82) is 0 Å². The van der Waals surface area contributed by atoms with Crippen LogP contribution in [0.5, 0.6) is 5.75 Å². The fourth-order valence-corrected chi connectivity index (χ4v) is 7.02. The molecule has 0 bridgehead atoms. The molecule has 0 aliphatic carbocycles. The van der Waals surface area contributed by atoms with Crippen LogP contribution in [0.1, 0.15) is 31.9 Å². The monoisotopic (exact) mass is 729 g/mol. The number of anilines is 1. The van der Waals surface area contributed by atoms with E-state index in [1.807, 2.05) is 44.2 Å². The molecule has 254 valence electrons. The van der Waals surface area contributed by atoms with E-state index in [9.17, 15) is 18.0 Å². The van der Waals surface area contributed by atoms with Gasteiger partial charge in [0.2, 0.25) is 11.8 Å². The molecule has 0 fully saturated rings. The van der Waals surface area contributed by atoms with Crippen molar-refractivity contribution in [3.8, 4) is 5.75 Å². The molecular formula is C36H38Cl3N3O5S. The summed E-state index contributed by atoms with van der Waals surface area (Å²) in [6.45, 7) is 5.62. The molecule has 1 N–H and O–H groups in total. The topological polar surface area (TPSA) is 96.0 Å². The lowest BCUT2D eigenvalue weighted by molar-refractivity contribution is -0.140. The number of sulfonamides is 1. The second-order valence-electron chi connectivity index (χ2n) is 11.5. The zero-order chi connectivity index (χ0) is 34.8. The average Bonchev–Trinajstić information content (AvgIpc) is 3.06. The molecule has 0 saturated heterocycles. The highest BCUT2D eigenvalue weighted by atomic mass is 35.5. The van der Waals surface area contributed by atoms with E-state index in [1.165, 1.54) is 29.2 Å². The zero-order valence-electron chi connectivity index (χ0n) is 26.9. The molecule has 12 heteroatoms. The van der Waals surface area contributed by atoms with Crippen molar-refractivity contribution in [1.82, 2.24) is 10.2 Å². The number of para-hydroxylation sites is 2. The first-order valence-corrected chi connectivity index (χ1v) is 18.0. The normalized spacial score (nSPS) is 12.0. The largest absolute Gasteiger partial charge is 0.492 e. The number of hydrogen-bond donors (Lipinski definition) is 1. The number of halogens is 3. The number of amides is 2. The highest BCUT2D eigenvalue weighted by Crippen LogP contribution is 2.33. The molecule has 4 rings (SSSR count). The minimum Gasteiger partial charge on any atom is -0.492 e. The average molecular weight is 731 g/mol. The third-order valence-corrected chi connectivity index (χ3v) is 10.0. The number of rotatable bonds is 15. The number of carbonyl (C=O) groups is 2. The minimum absolute atomic E-state index is 0.0752. The summed E-state index contributed by atoms with van der Waals surface area (Å²) < 4.78 is 35.5. The Morgan fingerprint density at radius 1 is 0.854 bits per heavy atom. The quantitative estimate of drug-likeness (QED) is 0.136. The van der Waals surface area contributed by atoms with Crippen LogP contribution in [0.15, 0.2) is 102 Å². The third-order valence-electron chi connectivity index (χ3n) is 7.43. The van der Waals surface area contributed by atoms with Gasteiger partial charge in [0, 0.05) is 34.6 Å².